The summed E-state index contributed by atoms with van der Waals surface area (Å²) in [6, 6.07) is 82.0. The van der Waals surface area contributed by atoms with Crippen LogP contribution in [-0.4, -0.2) is 23.7 Å². The van der Waals surface area contributed by atoms with Gasteiger partial charge in [0, 0.05) is 50.4 Å². The summed E-state index contributed by atoms with van der Waals surface area (Å²) in [5.41, 5.74) is 12.6. The summed E-state index contributed by atoms with van der Waals surface area (Å²) in [6.07, 6.45) is 3.74. The first kappa shape index (κ1) is 37.9. The second-order valence-corrected chi connectivity index (χ2v) is 18.2. The lowest BCUT2D eigenvalue weighted by Crippen LogP contribution is -1.96. The molecule has 5 nitrogen and oxygen atoms in total. The summed E-state index contributed by atoms with van der Waals surface area (Å²) in [4.78, 5) is 9.64. The Hall–Kier alpha value is -9.32. The van der Waals surface area contributed by atoms with Crippen LogP contribution in [0.25, 0.3) is 137 Å². The molecule has 0 aliphatic carbocycles. The quantitative estimate of drug-likeness (QED) is 0.162. The average molecular weight is 878 g/mol. The predicted molar refractivity (Wildman–Crippen MR) is 288 cm³/mol. The summed E-state index contributed by atoms with van der Waals surface area (Å²) in [6.45, 7) is 0. The molecule has 0 fully saturated rings. The van der Waals surface area contributed by atoms with Crippen LogP contribution in [0.5, 0.6) is 0 Å². The highest BCUT2D eigenvalue weighted by molar-refractivity contribution is 6.26. The maximum Gasteiger partial charge on any atom is 0.137 e. The molecule has 0 aliphatic rings. The molecule has 15 aromatic rings. The van der Waals surface area contributed by atoms with Crippen LogP contribution in [0.3, 0.4) is 0 Å². The van der Waals surface area contributed by atoms with E-state index in [1.54, 1.807) is 0 Å². The van der Waals surface area contributed by atoms with Crippen LogP contribution in [0.15, 0.2) is 237 Å². The van der Waals surface area contributed by atoms with Crippen LogP contribution in [0.1, 0.15) is 0 Å². The minimum Gasteiger partial charge on any atom is -0.309 e. The number of rotatable bonds is 5. The third-order valence-electron chi connectivity index (χ3n) is 14.5. The van der Waals surface area contributed by atoms with Gasteiger partial charge in [0.15, 0.2) is 0 Å². The van der Waals surface area contributed by atoms with Gasteiger partial charge >= 0.3 is 0 Å². The molecule has 5 heterocycles. The van der Waals surface area contributed by atoms with E-state index < -0.39 is 0 Å². The van der Waals surface area contributed by atoms with E-state index in [0.717, 1.165) is 72.7 Å². The summed E-state index contributed by atoms with van der Waals surface area (Å²) in [5.74, 6) is 1.81. The van der Waals surface area contributed by atoms with Crippen LogP contribution in [-0.2, 0) is 0 Å². The van der Waals surface area contributed by atoms with Crippen molar-refractivity contribution in [2.24, 2.45) is 0 Å². The fourth-order valence-corrected chi connectivity index (χ4v) is 11.5. The van der Waals surface area contributed by atoms with E-state index >= 15 is 0 Å². The van der Waals surface area contributed by atoms with Crippen molar-refractivity contribution in [2.75, 3.05) is 0 Å². The Morgan fingerprint density at radius 1 is 0.217 bits per heavy atom. The summed E-state index contributed by atoms with van der Waals surface area (Å²) >= 11 is 0. The second-order valence-electron chi connectivity index (χ2n) is 18.2. The predicted octanol–water partition coefficient (Wildman–Crippen LogP) is 16.6. The van der Waals surface area contributed by atoms with E-state index in [1.165, 1.54) is 64.6 Å². The maximum absolute atomic E-state index is 4.82. The third-order valence-corrected chi connectivity index (χ3v) is 14.5. The first-order chi connectivity index (χ1) is 34.2. The smallest absolute Gasteiger partial charge is 0.137 e. The van der Waals surface area contributed by atoms with Crippen molar-refractivity contribution in [2.45, 2.75) is 0 Å². The van der Waals surface area contributed by atoms with E-state index in [1.807, 2.05) is 24.5 Å². The van der Waals surface area contributed by atoms with Gasteiger partial charge in [0.05, 0.1) is 33.1 Å². The molecule has 0 bridgehead atoms. The molecule has 0 saturated heterocycles. The lowest BCUT2D eigenvalue weighted by molar-refractivity contribution is 1.08. The number of aromatic nitrogens is 5. The van der Waals surface area contributed by atoms with Gasteiger partial charge in [-0.25, -0.2) is 9.97 Å². The molecule has 5 heteroatoms. The molecule has 5 aromatic heterocycles. The molecule has 0 amide bonds. The monoisotopic (exact) mass is 877 g/mol. The van der Waals surface area contributed by atoms with Gasteiger partial charge in [0.25, 0.3) is 0 Å². The maximum atomic E-state index is 4.82. The first-order valence-electron chi connectivity index (χ1n) is 23.6. The van der Waals surface area contributed by atoms with Crippen molar-refractivity contribution >= 4 is 97.7 Å². The average Bonchev–Trinajstić information content (AvgIpc) is 4.06. The van der Waals surface area contributed by atoms with Gasteiger partial charge in [-0.2, -0.15) is 0 Å². The molecule has 15 rings (SSSR count). The number of hydrogen-bond donors (Lipinski definition) is 0. The molecule has 0 spiro atoms. The van der Waals surface area contributed by atoms with Gasteiger partial charge in [0.2, 0.25) is 0 Å². The fourth-order valence-electron chi connectivity index (χ4n) is 11.5. The van der Waals surface area contributed by atoms with Gasteiger partial charge < -0.3 is 4.57 Å². The topological polar surface area (TPSA) is 40.6 Å². The SMILES string of the molecule is c1ccc(-n2c3ccccc3c3ccc(-c4ccc5c(c4)c4cc(-c6ccc7c8ccccc8n(-c8ccccn8)c7c6)ccc4n5-c4ccc5c6ccccc6c6ccccc6c5c4)cc32)nc1. The molecule has 0 saturated carbocycles. The Bertz CT molecular complexity index is 4350. The highest BCUT2D eigenvalue weighted by Gasteiger charge is 2.20. The molecule has 0 aliphatic heterocycles. The molecule has 0 radical (unpaired) electrons. The highest BCUT2D eigenvalue weighted by Crippen LogP contribution is 2.42. The second kappa shape index (κ2) is 14.6. The highest BCUT2D eigenvalue weighted by atomic mass is 15.1. The number of para-hydroxylation sites is 2. The van der Waals surface area contributed by atoms with Crippen molar-refractivity contribution < 1.29 is 0 Å². The van der Waals surface area contributed by atoms with Crippen LogP contribution in [0.4, 0.5) is 0 Å². The minimum absolute atomic E-state index is 0.904. The molecule has 10 aromatic carbocycles. The summed E-state index contributed by atoms with van der Waals surface area (Å²) in [5, 5.41) is 14.8. The standard InChI is InChI=1S/C64H39N5/c1-2-15-47-45(13-1)46-14-3-4-16-48(46)54-39-44(27-30-49(47)54)67-59-31-25-40(42-23-28-52-50-17-5-7-19-57(50)68(61(52)37-42)63-21-9-11-33-65-63)35-55(59)56-36-41(26-32-60(56)67)43-24-29-53-51-18-6-8-20-58(51)69(62(53)38-43)64-22-10-12-34-66-64/h1-39H. The molecular weight excluding hydrogens is 839 g/mol. The third kappa shape index (κ3) is 5.59. The summed E-state index contributed by atoms with van der Waals surface area (Å²) in [7, 11) is 0. The van der Waals surface area contributed by atoms with Crippen LogP contribution in [0, 0.1) is 0 Å². The Kier molecular flexibility index (Phi) is 8.00. The van der Waals surface area contributed by atoms with Crippen molar-refractivity contribution in [3.05, 3.63) is 237 Å². The lowest BCUT2D eigenvalue weighted by atomic mass is 9.94. The van der Waals surface area contributed by atoms with Crippen molar-refractivity contribution in [1.82, 2.24) is 23.7 Å². The van der Waals surface area contributed by atoms with Gasteiger partial charge in [-0.15, -0.1) is 0 Å². The minimum atomic E-state index is 0.904. The number of benzene rings is 10. The van der Waals surface area contributed by atoms with E-state index in [9.17, 15) is 0 Å². The molecular formula is C64H39N5. The Morgan fingerprint density at radius 2 is 0.580 bits per heavy atom. The molecule has 0 unspecified atom stereocenters. The van der Waals surface area contributed by atoms with E-state index in [0.29, 0.717) is 0 Å². The molecule has 69 heavy (non-hydrogen) atoms. The van der Waals surface area contributed by atoms with Crippen LogP contribution < -0.4 is 0 Å². The van der Waals surface area contributed by atoms with E-state index in [4.69, 9.17) is 9.97 Å². The number of nitrogens with zero attached hydrogens (tertiary/aromatic N) is 5. The number of pyridine rings is 2. The van der Waals surface area contributed by atoms with Crippen molar-refractivity contribution in [3.8, 4) is 39.6 Å². The molecule has 0 atom stereocenters. The first-order valence-corrected chi connectivity index (χ1v) is 23.6. The van der Waals surface area contributed by atoms with Crippen LogP contribution in [0.2, 0.25) is 0 Å². The normalized spacial score (nSPS) is 12.1. The van der Waals surface area contributed by atoms with Gasteiger partial charge in [0.1, 0.15) is 11.6 Å². The zero-order chi connectivity index (χ0) is 45.2. The Labute approximate surface area is 396 Å². The van der Waals surface area contributed by atoms with Gasteiger partial charge in [-0.3, -0.25) is 9.13 Å². The number of hydrogen-bond acceptors (Lipinski definition) is 2. The van der Waals surface area contributed by atoms with Gasteiger partial charge in [-0.05, 0) is 140 Å². The van der Waals surface area contributed by atoms with Crippen molar-refractivity contribution in [3.63, 3.8) is 0 Å². The van der Waals surface area contributed by atoms with Gasteiger partial charge in [-0.1, -0.05) is 140 Å². The Balaban J connectivity index is 0.974. The van der Waals surface area contributed by atoms with E-state index in [2.05, 4.69) is 226 Å². The number of fused-ring (bicyclic) bond motifs is 15. The van der Waals surface area contributed by atoms with Crippen molar-refractivity contribution in [1.29, 1.82) is 0 Å². The lowest BCUT2D eigenvalue weighted by Gasteiger charge is -2.14. The summed E-state index contributed by atoms with van der Waals surface area (Å²) < 4.78 is 7.05. The molecule has 320 valence electrons. The zero-order valence-corrected chi connectivity index (χ0v) is 37.3. The zero-order valence-electron chi connectivity index (χ0n) is 37.3. The Morgan fingerprint density at radius 3 is 1.06 bits per heavy atom. The molecule has 0 N–H and O–H groups in total. The van der Waals surface area contributed by atoms with E-state index in [-0.39, 0.29) is 0 Å². The fraction of sp³-hybridized carbons (Fsp3) is 0. The van der Waals surface area contributed by atoms with Crippen LogP contribution >= 0.6 is 0 Å². The largest absolute Gasteiger partial charge is 0.309 e.